The van der Waals surface area contributed by atoms with Crippen LogP contribution < -0.4 is 10.6 Å². The van der Waals surface area contributed by atoms with Crippen LogP contribution in [0.25, 0.3) is 0 Å². The molecule has 0 bridgehead atoms. The molecule has 0 amide bonds. The molecule has 1 saturated heterocycles. The van der Waals surface area contributed by atoms with Crippen LogP contribution in [0.2, 0.25) is 0 Å². The average molecular weight is 274 g/mol. The first-order chi connectivity index (χ1) is 9.63. The van der Waals surface area contributed by atoms with Crippen LogP contribution in [0.1, 0.15) is 44.4 Å². The van der Waals surface area contributed by atoms with Gasteiger partial charge in [-0.1, -0.05) is 13.8 Å². The van der Waals surface area contributed by atoms with Crippen LogP contribution in [0.5, 0.6) is 0 Å². The van der Waals surface area contributed by atoms with Gasteiger partial charge in [-0.25, -0.2) is 9.97 Å². The minimum absolute atomic E-state index is 0.272. The lowest BCUT2D eigenvalue weighted by molar-refractivity contribution is 0.339. The van der Waals surface area contributed by atoms with Gasteiger partial charge in [0.25, 0.3) is 0 Å². The van der Waals surface area contributed by atoms with Crippen LogP contribution >= 0.6 is 0 Å². The van der Waals surface area contributed by atoms with Crippen molar-refractivity contribution in [1.29, 1.82) is 0 Å². The molecule has 4 heteroatoms. The summed E-state index contributed by atoms with van der Waals surface area (Å²) in [6, 6.07) is 0.272. The standard InChI is InChI=1S/C16H26N4/c1-11(2)12-5-6-15-13(8-12)9-18-16(19-15)20-7-3-4-14(17)10-20/h9,11-12,14H,3-8,10,17H2,1-2H3. The molecular formula is C16H26N4. The van der Waals surface area contributed by atoms with E-state index in [-0.39, 0.29) is 6.04 Å². The first-order valence-corrected chi connectivity index (χ1v) is 7.99. The molecule has 1 aromatic heterocycles. The lowest BCUT2D eigenvalue weighted by Crippen LogP contribution is -2.43. The zero-order valence-electron chi connectivity index (χ0n) is 12.7. The van der Waals surface area contributed by atoms with Crippen molar-refractivity contribution in [3.8, 4) is 0 Å². The average Bonchev–Trinajstić information content (AvgIpc) is 2.46. The molecule has 4 nitrogen and oxygen atoms in total. The van der Waals surface area contributed by atoms with E-state index < -0.39 is 0 Å². The van der Waals surface area contributed by atoms with Gasteiger partial charge in [-0.15, -0.1) is 0 Å². The Morgan fingerprint density at radius 3 is 2.95 bits per heavy atom. The van der Waals surface area contributed by atoms with Crippen molar-refractivity contribution in [3.63, 3.8) is 0 Å². The van der Waals surface area contributed by atoms with E-state index in [0.29, 0.717) is 0 Å². The number of aryl methyl sites for hydroxylation is 1. The summed E-state index contributed by atoms with van der Waals surface area (Å²) in [6.45, 7) is 6.58. The van der Waals surface area contributed by atoms with E-state index >= 15 is 0 Å². The molecule has 0 aromatic carbocycles. The predicted molar refractivity (Wildman–Crippen MR) is 81.8 cm³/mol. The Hall–Kier alpha value is -1.16. The number of anilines is 1. The minimum Gasteiger partial charge on any atom is -0.339 e. The molecule has 0 saturated carbocycles. The lowest BCUT2D eigenvalue weighted by Gasteiger charge is -2.32. The van der Waals surface area contributed by atoms with Crippen LogP contribution in [0.4, 0.5) is 5.95 Å². The summed E-state index contributed by atoms with van der Waals surface area (Å²) in [5.74, 6) is 2.44. The number of hydrogen-bond acceptors (Lipinski definition) is 4. The number of piperidine rings is 1. The third-order valence-corrected chi connectivity index (χ3v) is 4.86. The topological polar surface area (TPSA) is 55.0 Å². The van der Waals surface area contributed by atoms with Gasteiger partial charge < -0.3 is 10.6 Å². The van der Waals surface area contributed by atoms with Crippen LogP contribution in [0.15, 0.2) is 6.20 Å². The maximum atomic E-state index is 6.05. The minimum atomic E-state index is 0.272. The number of aromatic nitrogens is 2. The number of nitrogens with two attached hydrogens (primary N) is 1. The van der Waals surface area contributed by atoms with Gasteiger partial charge in [-0.05, 0) is 49.5 Å². The second kappa shape index (κ2) is 5.68. The highest BCUT2D eigenvalue weighted by Crippen LogP contribution is 2.30. The fourth-order valence-electron chi connectivity index (χ4n) is 3.44. The molecule has 2 heterocycles. The lowest BCUT2D eigenvalue weighted by atomic mass is 9.80. The normalized spacial score (nSPS) is 26.7. The summed E-state index contributed by atoms with van der Waals surface area (Å²) < 4.78 is 0. The molecule has 3 rings (SSSR count). The molecule has 110 valence electrons. The Morgan fingerprint density at radius 2 is 2.20 bits per heavy atom. The molecular weight excluding hydrogens is 248 g/mol. The molecule has 2 N–H and O–H groups in total. The van der Waals surface area contributed by atoms with E-state index in [1.54, 1.807) is 0 Å². The van der Waals surface area contributed by atoms with Gasteiger partial charge >= 0.3 is 0 Å². The quantitative estimate of drug-likeness (QED) is 0.898. The van der Waals surface area contributed by atoms with Gasteiger partial charge in [0, 0.05) is 31.0 Å². The van der Waals surface area contributed by atoms with Gasteiger partial charge in [0.15, 0.2) is 0 Å². The van der Waals surface area contributed by atoms with Gasteiger partial charge in [-0.3, -0.25) is 0 Å². The molecule has 0 spiro atoms. The molecule has 1 aromatic rings. The molecule has 1 aliphatic heterocycles. The molecule has 1 fully saturated rings. The van der Waals surface area contributed by atoms with Gasteiger partial charge in [0.1, 0.15) is 0 Å². The Kier molecular flexibility index (Phi) is 3.92. The van der Waals surface area contributed by atoms with Crippen LogP contribution in [0, 0.1) is 11.8 Å². The van der Waals surface area contributed by atoms with E-state index in [2.05, 4.69) is 29.9 Å². The van der Waals surface area contributed by atoms with E-state index in [4.69, 9.17) is 10.7 Å². The van der Waals surface area contributed by atoms with E-state index in [9.17, 15) is 0 Å². The maximum absolute atomic E-state index is 6.05. The van der Waals surface area contributed by atoms with Crippen molar-refractivity contribution in [3.05, 3.63) is 17.5 Å². The second-order valence-electron chi connectivity index (χ2n) is 6.74. The van der Waals surface area contributed by atoms with Crippen LogP contribution in [-0.4, -0.2) is 29.1 Å². The third-order valence-electron chi connectivity index (χ3n) is 4.86. The summed E-state index contributed by atoms with van der Waals surface area (Å²) in [6.07, 6.45) is 7.85. The fraction of sp³-hybridized carbons (Fsp3) is 0.750. The van der Waals surface area contributed by atoms with Crippen molar-refractivity contribution < 1.29 is 0 Å². The highest BCUT2D eigenvalue weighted by molar-refractivity contribution is 5.35. The Balaban J connectivity index is 1.77. The molecule has 2 unspecified atom stereocenters. The first-order valence-electron chi connectivity index (χ1n) is 7.99. The highest BCUT2D eigenvalue weighted by Gasteiger charge is 2.24. The first kappa shape index (κ1) is 13.8. The molecule has 2 aliphatic rings. The van der Waals surface area contributed by atoms with Crippen molar-refractivity contribution in [2.24, 2.45) is 17.6 Å². The monoisotopic (exact) mass is 274 g/mol. The van der Waals surface area contributed by atoms with E-state index in [1.165, 1.54) is 17.7 Å². The fourth-order valence-corrected chi connectivity index (χ4v) is 3.44. The zero-order chi connectivity index (χ0) is 14.1. The molecule has 0 radical (unpaired) electrons. The number of fused-ring (bicyclic) bond motifs is 1. The Bertz CT molecular complexity index is 472. The van der Waals surface area contributed by atoms with E-state index in [0.717, 1.165) is 56.6 Å². The zero-order valence-corrected chi connectivity index (χ0v) is 12.7. The Labute approximate surface area is 121 Å². The number of hydrogen-bond donors (Lipinski definition) is 1. The van der Waals surface area contributed by atoms with Gasteiger partial charge in [0.05, 0.1) is 0 Å². The third kappa shape index (κ3) is 2.80. The summed E-state index contributed by atoms with van der Waals surface area (Å²) in [5.41, 5.74) is 8.69. The maximum Gasteiger partial charge on any atom is 0.225 e. The van der Waals surface area contributed by atoms with Gasteiger partial charge in [-0.2, -0.15) is 0 Å². The summed E-state index contributed by atoms with van der Waals surface area (Å²) in [5, 5.41) is 0. The van der Waals surface area contributed by atoms with E-state index in [1.807, 2.05) is 0 Å². The summed E-state index contributed by atoms with van der Waals surface area (Å²) >= 11 is 0. The summed E-state index contributed by atoms with van der Waals surface area (Å²) in [4.78, 5) is 11.7. The Morgan fingerprint density at radius 1 is 1.35 bits per heavy atom. The largest absolute Gasteiger partial charge is 0.339 e. The summed E-state index contributed by atoms with van der Waals surface area (Å²) in [7, 11) is 0. The van der Waals surface area contributed by atoms with Gasteiger partial charge in [0.2, 0.25) is 5.95 Å². The van der Waals surface area contributed by atoms with Crippen molar-refractivity contribution >= 4 is 5.95 Å². The molecule has 20 heavy (non-hydrogen) atoms. The van der Waals surface area contributed by atoms with Crippen LogP contribution in [0.3, 0.4) is 0 Å². The number of nitrogens with zero attached hydrogens (tertiary/aromatic N) is 3. The predicted octanol–water partition coefficient (Wildman–Crippen LogP) is 2.17. The molecule has 2 atom stereocenters. The highest BCUT2D eigenvalue weighted by atomic mass is 15.3. The number of rotatable bonds is 2. The van der Waals surface area contributed by atoms with Crippen LogP contribution in [-0.2, 0) is 12.8 Å². The van der Waals surface area contributed by atoms with Crippen molar-refractivity contribution in [2.45, 2.75) is 52.0 Å². The van der Waals surface area contributed by atoms with Crippen molar-refractivity contribution in [2.75, 3.05) is 18.0 Å². The SMILES string of the molecule is CC(C)C1CCc2nc(N3CCCC(N)C3)ncc2C1. The molecule has 1 aliphatic carbocycles. The smallest absolute Gasteiger partial charge is 0.225 e. The van der Waals surface area contributed by atoms with Crippen molar-refractivity contribution in [1.82, 2.24) is 9.97 Å². The second-order valence-corrected chi connectivity index (χ2v) is 6.74.